The van der Waals surface area contributed by atoms with Crippen molar-refractivity contribution in [1.29, 1.82) is 4.78 Å². The molecule has 0 spiro atoms. The van der Waals surface area contributed by atoms with Gasteiger partial charge in [0, 0.05) is 18.9 Å². The first-order chi connectivity index (χ1) is 7.40. The van der Waals surface area contributed by atoms with E-state index >= 15 is 0 Å². The van der Waals surface area contributed by atoms with Gasteiger partial charge in [-0.1, -0.05) is 6.08 Å². The maximum absolute atomic E-state index is 9.67. The van der Waals surface area contributed by atoms with Gasteiger partial charge in [-0.25, -0.2) is 4.98 Å². The average molecular weight is 257 g/mol. The highest BCUT2D eigenvalue weighted by atomic mass is 32.2. The third-order valence-electron chi connectivity index (χ3n) is 0.899. The minimum atomic E-state index is -3.67. The molecule has 0 fully saturated rings. The van der Waals surface area contributed by atoms with Crippen LogP contribution in [0.2, 0.25) is 0 Å². The molecule has 0 aromatic carbocycles. The zero-order valence-corrected chi connectivity index (χ0v) is 8.87. The largest absolute Gasteiger partial charge is 0.379 e. The summed E-state index contributed by atoms with van der Waals surface area (Å²) in [6.45, 7) is 0.768. The number of rotatable bonds is 2. The van der Waals surface area contributed by atoms with Crippen molar-refractivity contribution in [2.75, 3.05) is 0 Å². The van der Waals surface area contributed by atoms with Crippen molar-refractivity contribution in [2.45, 2.75) is 13.2 Å². The van der Waals surface area contributed by atoms with E-state index in [1.807, 2.05) is 16.8 Å². The van der Waals surface area contributed by atoms with Crippen molar-refractivity contribution in [2.24, 2.45) is 0 Å². The summed E-state index contributed by atoms with van der Waals surface area (Å²) < 4.78 is 53.8. The van der Waals surface area contributed by atoms with E-state index in [-0.39, 0.29) is 0 Å². The van der Waals surface area contributed by atoms with Crippen LogP contribution in [0, 0.1) is 4.78 Å². The van der Waals surface area contributed by atoms with Crippen LogP contribution in [0.3, 0.4) is 0 Å². The monoisotopic (exact) mass is 257 g/mol. The molecule has 0 radical (unpaired) electrons. The first kappa shape index (κ1) is 16.8. The number of nitrogens with zero attached hydrogens (tertiary/aromatic N) is 2. The number of allylic oxidation sites excluding steroid dienone is 1. The van der Waals surface area contributed by atoms with Crippen molar-refractivity contribution < 1.29 is 21.6 Å². The molecule has 1 N–H and O–H groups in total. The predicted octanol–water partition coefficient (Wildman–Crippen LogP) is 1.88. The summed E-state index contributed by atoms with van der Waals surface area (Å²) in [5, 5.41) is 0. The van der Waals surface area contributed by atoms with Crippen molar-refractivity contribution in [3.63, 3.8) is 0 Å². The Balaban J connectivity index is 0. The SMILES string of the molecule is C=CCn1ccnc1.FC(F)F.N=S(=O)=O. The topological polar surface area (TPSA) is 75.8 Å². The summed E-state index contributed by atoms with van der Waals surface area (Å²) in [6.07, 6.45) is 7.26. The first-order valence-corrected chi connectivity index (χ1v) is 4.77. The molecule has 0 amide bonds. The molecule has 16 heavy (non-hydrogen) atoms. The molecule has 1 aromatic heterocycles. The second kappa shape index (κ2) is 11.4. The van der Waals surface area contributed by atoms with Crippen molar-refractivity contribution in [3.8, 4) is 0 Å². The van der Waals surface area contributed by atoms with E-state index in [1.54, 1.807) is 12.5 Å². The van der Waals surface area contributed by atoms with Crippen LogP contribution in [0.25, 0.3) is 0 Å². The minimum Gasteiger partial charge on any atom is -0.334 e. The van der Waals surface area contributed by atoms with Gasteiger partial charge in [-0.15, -0.1) is 6.58 Å². The quantitative estimate of drug-likeness (QED) is 0.822. The van der Waals surface area contributed by atoms with E-state index in [1.165, 1.54) is 0 Å². The molecule has 0 unspecified atom stereocenters. The van der Waals surface area contributed by atoms with E-state index in [9.17, 15) is 13.2 Å². The zero-order chi connectivity index (χ0) is 13.0. The molecular weight excluding hydrogens is 247 g/mol. The first-order valence-electron chi connectivity index (χ1n) is 3.69. The number of hydrogen-bond acceptors (Lipinski definition) is 4. The lowest BCUT2D eigenvalue weighted by Gasteiger charge is -1.89. The molecule has 0 saturated carbocycles. The Kier molecular flexibility index (Phi) is 12.0. The van der Waals surface area contributed by atoms with Gasteiger partial charge in [0.25, 0.3) is 0 Å². The van der Waals surface area contributed by atoms with E-state index in [0.717, 1.165) is 6.54 Å². The molecule has 0 aliphatic rings. The van der Waals surface area contributed by atoms with Gasteiger partial charge in [-0.05, 0) is 0 Å². The lowest BCUT2D eigenvalue weighted by molar-refractivity contribution is 0.00819. The Morgan fingerprint density at radius 1 is 1.50 bits per heavy atom. The van der Waals surface area contributed by atoms with Gasteiger partial charge >= 0.3 is 17.2 Å². The lowest BCUT2D eigenvalue weighted by atomic mass is 10.6. The van der Waals surface area contributed by atoms with Crippen LogP contribution in [0.4, 0.5) is 13.2 Å². The second-order valence-corrected chi connectivity index (χ2v) is 2.50. The van der Waals surface area contributed by atoms with Crippen LogP contribution in [-0.2, 0) is 17.0 Å². The summed E-state index contributed by atoms with van der Waals surface area (Å²) in [6, 6.07) is 0. The van der Waals surface area contributed by atoms with Crippen LogP contribution in [0.1, 0.15) is 0 Å². The third kappa shape index (κ3) is 22.8. The Labute approximate surface area is 91.7 Å². The fourth-order valence-corrected chi connectivity index (χ4v) is 0.544. The van der Waals surface area contributed by atoms with E-state index in [0.29, 0.717) is 0 Å². The van der Waals surface area contributed by atoms with Gasteiger partial charge in [-0.3, -0.25) is 0 Å². The molecule has 0 bridgehead atoms. The number of alkyl halides is 3. The van der Waals surface area contributed by atoms with E-state index in [2.05, 4.69) is 11.6 Å². The van der Waals surface area contributed by atoms with Gasteiger partial charge in [0.2, 0.25) is 0 Å². The normalized spacial score (nSPS) is 8.25. The molecule has 92 valence electrons. The third-order valence-corrected chi connectivity index (χ3v) is 0.899. The summed E-state index contributed by atoms with van der Waals surface area (Å²) in [5.41, 5.74) is 0. The van der Waals surface area contributed by atoms with Crippen LogP contribution < -0.4 is 0 Å². The van der Waals surface area contributed by atoms with Crippen molar-refractivity contribution in [3.05, 3.63) is 31.4 Å². The Bertz CT molecular complexity index is 353. The molecule has 0 aliphatic carbocycles. The Morgan fingerprint density at radius 2 is 1.94 bits per heavy atom. The fourth-order valence-electron chi connectivity index (χ4n) is 0.544. The van der Waals surface area contributed by atoms with Crippen molar-refractivity contribution in [1.82, 2.24) is 9.55 Å². The minimum absolute atomic E-state index is 0.847. The number of halogens is 3. The molecule has 0 atom stereocenters. The summed E-state index contributed by atoms with van der Waals surface area (Å²) in [5.74, 6) is 0. The summed E-state index contributed by atoms with van der Waals surface area (Å²) in [7, 11) is -2.61. The standard InChI is InChI=1S/C6H8N2.CHF3.HNO2S/c1-2-4-8-5-3-7-6-8;2-1(3)4;1-4(2)3/h2-3,5-6H,1,4H2;2*1H. The van der Waals surface area contributed by atoms with E-state index < -0.39 is 17.2 Å². The number of hydrogen-bond donors (Lipinski definition) is 1. The molecule has 1 heterocycles. The summed E-state index contributed by atoms with van der Waals surface area (Å²) in [4.78, 5) is 3.86. The van der Waals surface area contributed by atoms with Crippen LogP contribution in [0.15, 0.2) is 31.4 Å². The number of nitrogens with one attached hydrogen (secondary N) is 1. The molecule has 0 aliphatic heterocycles. The highest BCUT2D eigenvalue weighted by molar-refractivity contribution is 7.60. The molecule has 1 rings (SSSR count). The predicted molar refractivity (Wildman–Crippen MR) is 51.2 cm³/mol. The molecule has 1 aromatic rings. The van der Waals surface area contributed by atoms with Gasteiger partial charge in [-0.2, -0.15) is 26.4 Å². The molecule has 9 heteroatoms. The van der Waals surface area contributed by atoms with Crippen molar-refractivity contribution >= 4 is 10.5 Å². The summed E-state index contributed by atoms with van der Waals surface area (Å²) >= 11 is 0. The second-order valence-electron chi connectivity index (χ2n) is 2.03. The highest BCUT2D eigenvalue weighted by Crippen LogP contribution is 1.87. The smallest absolute Gasteiger partial charge is 0.334 e. The van der Waals surface area contributed by atoms with Gasteiger partial charge in [0.05, 0.1) is 6.33 Å². The van der Waals surface area contributed by atoms with Crippen LogP contribution in [-0.4, -0.2) is 24.6 Å². The van der Waals surface area contributed by atoms with E-state index in [4.69, 9.17) is 13.2 Å². The Morgan fingerprint density at radius 3 is 2.19 bits per heavy atom. The maximum atomic E-state index is 9.67. The molecular formula is C7H10F3N3O2S. The maximum Gasteiger partial charge on any atom is 0.379 e. The van der Waals surface area contributed by atoms with Gasteiger partial charge in [0.15, 0.2) is 0 Å². The lowest BCUT2D eigenvalue weighted by Crippen LogP contribution is -1.87. The molecule has 0 saturated heterocycles. The zero-order valence-electron chi connectivity index (χ0n) is 8.05. The molecule has 5 nitrogen and oxygen atoms in total. The number of imidazole rings is 1. The van der Waals surface area contributed by atoms with Crippen LogP contribution in [0.5, 0.6) is 0 Å². The highest BCUT2D eigenvalue weighted by Gasteiger charge is 1.86. The number of aromatic nitrogens is 2. The average Bonchev–Trinajstić information content (AvgIpc) is 2.55. The van der Waals surface area contributed by atoms with Gasteiger partial charge in [0.1, 0.15) is 0 Å². The fraction of sp³-hybridized carbons (Fsp3) is 0.286. The van der Waals surface area contributed by atoms with Gasteiger partial charge < -0.3 is 4.57 Å². The van der Waals surface area contributed by atoms with Crippen LogP contribution >= 0.6 is 0 Å². The Hall–Kier alpha value is -1.64.